The van der Waals surface area contributed by atoms with E-state index in [4.69, 9.17) is 4.42 Å². The summed E-state index contributed by atoms with van der Waals surface area (Å²) in [5.74, 6) is -1.00. The summed E-state index contributed by atoms with van der Waals surface area (Å²) >= 11 is 3.39. The Balaban J connectivity index is 1.64. The minimum absolute atomic E-state index is 0.150. The molecule has 3 rings (SSSR count). The molecular weight excluding hydrogens is 348 g/mol. The first-order valence-electron chi connectivity index (χ1n) is 7.01. The largest absolute Gasteiger partial charge is 0.472 e. The van der Waals surface area contributed by atoms with Gasteiger partial charge in [0.1, 0.15) is 5.92 Å². The van der Waals surface area contributed by atoms with Crippen molar-refractivity contribution in [3.05, 3.63) is 52.9 Å². The van der Waals surface area contributed by atoms with Crippen LogP contribution in [0.15, 0.2) is 51.7 Å². The van der Waals surface area contributed by atoms with E-state index in [2.05, 4.69) is 21.2 Å². The number of carbonyl (C=O) groups is 2. The van der Waals surface area contributed by atoms with Crippen molar-refractivity contribution in [1.82, 2.24) is 5.32 Å². The van der Waals surface area contributed by atoms with Crippen molar-refractivity contribution in [2.24, 2.45) is 5.92 Å². The molecule has 1 saturated heterocycles. The van der Waals surface area contributed by atoms with Gasteiger partial charge in [0, 0.05) is 28.8 Å². The fourth-order valence-corrected chi connectivity index (χ4v) is 2.92. The molecule has 1 aromatic heterocycles. The normalized spacial score (nSPS) is 17.8. The van der Waals surface area contributed by atoms with Crippen LogP contribution in [0.3, 0.4) is 0 Å². The number of carbonyl (C=O) groups excluding carboxylic acids is 2. The van der Waals surface area contributed by atoms with Crippen LogP contribution >= 0.6 is 15.9 Å². The second-order valence-corrected chi connectivity index (χ2v) is 6.08. The molecule has 0 spiro atoms. The van der Waals surface area contributed by atoms with Crippen molar-refractivity contribution in [3.63, 3.8) is 0 Å². The molecule has 2 amide bonds. The van der Waals surface area contributed by atoms with Crippen LogP contribution in [0.25, 0.3) is 0 Å². The fraction of sp³-hybridized carbons (Fsp3) is 0.250. The molecule has 5 nitrogen and oxygen atoms in total. The van der Waals surface area contributed by atoms with Crippen LogP contribution in [0, 0.1) is 5.92 Å². The number of hydrogen-bond acceptors (Lipinski definition) is 3. The van der Waals surface area contributed by atoms with Gasteiger partial charge in [0.25, 0.3) is 0 Å². The van der Waals surface area contributed by atoms with Crippen LogP contribution in [-0.2, 0) is 16.1 Å². The number of furan rings is 1. The lowest BCUT2D eigenvalue weighted by molar-refractivity contribution is -0.132. The molecule has 0 saturated carbocycles. The SMILES string of the molecule is O=C(NCc1ccoc1)[C@@H]1CCN(c2cccc(Br)c2)C1=O. The third-order valence-electron chi connectivity index (χ3n) is 3.69. The number of amides is 2. The maximum absolute atomic E-state index is 12.5. The summed E-state index contributed by atoms with van der Waals surface area (Å²) in [6.07, 6.45) is 3.66. The second kappa shape index (κ2) is 6.36. The number of halogens is 1. The topological polar surface area (TPSA) is 62.6 Å². The fourth-order valence-electron chi connectivity index (χ4n) is 2.53. The smallest absolute Gasteiger partial charge is 0.239 e. The zero-order chi connectivity index (χ0) is 15.5. The molecule has 0 aliphatic carbocycles. The van der Waals surface area contributed by atoms with Gasteiger partial charge in [0.05, 0.1) is 12.5 Å². The molecule has 1 aliphatic rings. The van der Waals surface area contributed by atoms with Gasteiger partial charge in [0.2, 0.25) is 11.8 Å². The van der Waals surface area contributed by atoms with E-state index in [1.807, 2.05) is 24.3 Å². The van der Waals surface area contributed by atoms with Gasteiger partial charge in [-0.05, 0) is 30.7 Å². The van der Waals surface area contributed by atoms with Crippen molar-refractivity contribution >= 4 is 33.4 Å². The van der Waals surface area contributed by atoms with Crippen molar-refractivity contribution in [2.45, 2.75) is 13.0 Å². The summed E-state index contributed by atoms with van der Waals surface area (Å²) in [5.41, 5.74) is 1.69. The lowest BCUT2D eigenvalue weighted by atomic mass is 10.1. The van der Waals surface area contributed by atoms with Gasteiger partial charge in [-0.25, -0.2) is 0 Å². The predicted octanol–water partition coefficient (Wildman–Crippen LogP) is 2.71. The quantitative estimate of drug-likeness (QED) is 0.850. The van der Waals surface area contributed by atoms with Crippen molar-refractivity contribution in [2.75, 3.05) is 11.4 Å². The maximum atomic E-state index is 12.5. The van der Waals surface area contributed by atoms with Gasteiger partial charge in [-0.2, -0.15) is 0 Å². The van der Waals surface area contributed by atoms with E-state index in [0.717, 1.165) is 15.7 Å². The lowest BCUT2D eigenvalue weighted by Crippen LogP contribution is -2.36. The molecule has 2 aromatic rings. The van der Waals surface area contributed by atoms with E-state index >= 15 is 0 Å². The average Bonchev–Trinajstić information content (AvgIpc) is 3.14. The molecule has 1 aromatic carbocycles. The third-order valence-corrected chi connectivity index (χ3v) is 4.18. The minimum Gasteiger partial charge on any atom is -0.472 e. The molecular formula is C16H15BrN2O3. The van der Waals surface area contributed by atoms with E-state index in [0.29, 0.717) is 19.5 Å². The lowest BCUT2D eigenvalue weighted by Gasteiger charge is -2.17. The van der Waals surface area contributed by atoms with Crippen molar-refractivity contribution in [1.29, 1.82) is 0 Å². The van der Waals surface area contributed by atoms with Gasteiger partial charge in [-0.3, -0.25) is 9.59 Å². The first kappa shape index (κ1) is 14.8. The van der Waals surface area contributed by atoms with Gasteiger partial charge in [-0.1, -0.05) is 22.0 Å². The zero-order valence-corrected chi connectivity index (χ0v) is 13.4. The highest BCUT2D eigenvalue weighted by Crippen LogP contribution is 2.27. The Kier molecular flexibility index (Phi) is 4.29. The van der Waals surface area contributed by atoms with Crippen LogP contribution in [0.5, 0.6) is 0 Å². The van der Waals surface area contributed by atoms with Gasteiger partial charge < -0.3 is 14.6 Å². The van der Waals surface area contributed by atoms with Crippen molar-refractivity contribution in [3.8, 4) is 0 Å². The maximum Gasteiger partial charge on any atom is 0.239 e. The number of benzene rings is 1. The summed E-state index contributed by atoms with van der Waals surface area (Å²) in [4.78, 5) is 26.3. The number of nitrogens with one attached hydrogen (secondary N) is 1. The standard InChI is InChI=1S/C16H15BrN2O3/c17-12-2-1-3-13(8-12)19-6-4-14(16(19)21)15(20)18-9-11-5-7-22-10-11/h1-3,5,7-8,10,14H,4,6,9H2,(H,18,20)/t14-/m0/s1. The van der Waals surface area contributed by atoms with Crippen LogP contribution < -0.4 is 10.2 Å². The summed E-state index contributed by atoms with van der Waals surface area (Å²) in [6.45, 7) is 0.926. The van der Waals surface area contributed by atoms with Crippen molar-refractivity contribution < 1.29 is 14.0 Å². The minimum atomic E-state index is -0.620. The summed E-state index contributed by atoms with van der Waals surface area (Å²) in [7, 11) is 0. The first-order valence-corrected chi connectivity index (χ1v) is 7.80. The average molecular weight is 363 g/mol. The van der Waals surface area contributed by atoms with Crippen LogP contribution in [0.4, 0.5) is 5.69 Å². The predicted molar refractivity (Wildman–Crippen MR) is 85.2 cm³/mol. The second-order valence-electron chi connectivity index (χ2n) is 5.16. The Hall–Kier alpha value is -2.08. The van der Waals surface area contributed by atoms with E-state index in [1.165, 1.54) is 0 Å². The monoisotopic (exact) mass is 362 g/mol. The highest BCUT2D eigenvalue weighted by Gasteiger charge is 2.37. The molecule has 114 valence electrons. The summed E-state index contributed by atoms with van der Waals surface area (Å²) < 4.78 is 5.86. The molecule has 1 fully saturated rings. The molecule has 0 unspecified atom stereocenters. The van der Waals surface area contributed by atoms with Crippen LogP contribution in [-0.4, -0.2) is 18.4 Å². The first-order chi connectivity index (χ1) is 10.6. The molecule has 0 bridgehead atoms. The molecule has 22 heavy (non-hydrogen) atoms. The summed E-state index contributed by atoms with van der Waals surface area (Å²) in [6, 6.07) is 9.31. The molecule has 1 aliphatic heterocycles. The number of hydrogen-bond donors (Lipinski definition) is 1. The third kappa shape index (κ3) is 3.06. The van der Waals surface area contributed by atoms with Gasteiger partial charge >= 0.3 is 0 Å². The Morgan fingerprint density at radius 2 is 2.27 bits per heavy atom. The van der Waals surface area contributed by atoms with E-state index < -0.39 is 5.92 Å². The Morgan fingerprint density at radius 3 is 3.00 bits per heavy atom. The molecule has 6 heteroatoms. The Bertz CT molecular complexity index is 684. The van der Waals surface area contributed by atoms with E-state index in [1.54, 1.807) is 23.5 Å². The number of anilines is 1. The Morgan fingerprint density at radius 1 is 1.41 bits per heavy atom. The Labute approximate surface area is 136 Å². The zero-order valence-electron chi connectivity index (χ0n) is 11.8. The highest BCUT2D eigenvalue weighted by molar-refractivity contribution is 9.10. The van der Waals surface area contributed by atoms with E-state index in [9.17, 15) is 9.59 Å². The molecule has 2 heterocycles. The number of rotatable bonds is 4. The van der Waals surface area contributed by atoms with Gasteiger partial charge in [0.15, 0.2) is 0 Å². The van der Waals surface area contributed by atoms with Crippen LogP contribution in [0.2, 0.25) is 0 Å². The van der Waals surface area contributed by atoms with E-state index in [-0.39, 0.29) is 11.8 Å². The molecule has 1 N–H and O–H groups in total. The van der Waals surface area contributed by atoms with Crippen LogP contribution in [0.1, 0.15) is 12.0 Å². The van der Waals surface area contributed by atoms with Gasteiger partial charge in [-0.15, -0.1) is 0 Å². The number of nitrogens with zero attached hydrogens (tertiary/aromatic N) is 1. The molecule has 1 atom stereocenters. The molecule has 0 radical (unpaired) electrons. The highest BCUT2D eigenvalue weighted by atomic mass is 79.9. The summed E-state index contributed by atoms with van der Waals surface area (Å²) in [5, 5.41) is 2.79.